The van der Waals surface area contributed by atoms with E-state index in [0.29, 0.717) is 21.5 Å². The summed E-state index contributed by atoms with van der Waals surface area (Å²) >= 11 is 9.22. The Labute approximate surface area is 121 Å². The van der Waals surface area contributed by atoms with E-state index in [1.54, 1.807) is 6.07 Å². The van der Waals surface area contributed by atoms with Gasteiger partial charge in [0.05, 0.1) is 19.3 Å². The van der Waals surface area contributed by atoms with E-state index in [-0.39, 0.29) is 5.82 Å². The molecule has 0 atom stereocenters. The van der Waals surface area contributed by atoms with E-state index >= 15 is 0 Å². The molecule has 2 rings (SSSR count). The van der Waals surface area contributed by atoms with Gasteiger partial charge in [-0.25, -0.2) is 4.39 Å². The summed E-state index contributed by atoms with van der Waals surface area (Å²) < 4.78 is 14.6. The maximum Gasteiger partial charge on any atom is 0.138 e. The van der Waals surface area contributed by atoms with Crippen molar-refractivity contribution in [2.75, 3.05) is 11.1 Å². The van der Waals surface area contributed by atoms with Crippen LogP contribution in [0.1, 0.15) is 4.88 Å². The van der Waals surface area contributed by atoms with Crippen LogP contribution in [0.2, 0.25) is 4.34 Å². The Kier molecular flexibility index (Phi) is 4.11. The second-order valence-electron chi connectivity index (χ2n) is 3.41. The van der Waals surface area contributed by atoms with Gasteiger partial charge in [0.15, 0.2) is 0 Å². The lowest BCUT2D eigenvalue weighted by Crippen LogP contribution is -2.02. The summed E-state index contributed by atoms with van der Waals surface area (Å²) in [4.78, 5) is 1.08. The monoisotopic (exact) mass is 382 g/mol. The quantitative estimate of drug-likeness (QED) is 0.612. The van der Waals surface area contributed by atoms with Gasteiger partial charge in [-0.3, -0.25) is 0 Å². The number of nitrogen functional groups attached to an aromatic ring is 1. The van der Waals surface area contributed by atoms with Gasteiger partial charge < -0.3 is 11.1 Å². The highest BCUT2D eigenvalue weighted by Gasteiger charge is 2.06. The van der Waals surface area contributed by atoms with Crippen LogP contribution in [-0.4, -0.2) is 0 Å². The molecular weight excluding hydrogens is 374 g/mol. The molecule has 0 fully saturated rings. The van der Waals surface area contributed by atoms with Gasteiger partial charge in [0.25, 0.3) is 0 Å². The standard InChI is InChI=1S/C11H9ClFIN2S/c12-11-2-1-6(17-11)5-16-10-3-7(13)8(14)4-9(10)15/h1-4,16H,5,15H2. The first-order chi connectivity index (χ1) is 8.06. The fraction of sp³-hybridized carbons (Fsp3) is 0.0909. The van der Waals surface area contributed by atoms with Crippen LogP contribution < -0.4 is 11.1 Å². The van der Waals surface area contributed by atoms with Gasteiger partial charge >= 0.3 is 0 Å². The highest BCUT2D eigenvalue weighted by Crippen LogP contribution is 2.26. The van der Waals surface area contributed by atoms with Gasteiger partial charge in [-0.2, -0.15) is 0 Å². The topological polar surface area (TPSA) is 38.0 Å². The van der Waals surface area contributed by atoms with Gasteiger partial charge in [-0.05, 0) is 40.8 Å². The first-order valence-electron chi connectivity index (χ1n) is 4.79. The number of benzene rings is 1. The van der Waals surface area contributed by atoms with Crippen molar-refractivity contribution in [3.05, 3.63) is 42.9 Å². The minimum atomic E-state index is -0.272. The van der Waals surface area contributed by atoms with Gasteiger partial charge in [0.2, 0.25) is 0 Å². The van der Waals surface area contributed by atoms with Crippen molar-refractivity contribution >= 4 is 56.9 Å². The Morgan fingerprint density at radius 1 is 1.41 bits per heavy atom. The fourth-order valence-corrected chi connectivity index (χ4v) is 2.86. The van der Waals surface area contributed by atoms with E-state index in [1.807, 2.05) is 34.7 Å². The van der Waals surface area contributed by atoms with Crippen LogP contribution in [0.5, 0.6) is 0 Å². The molecule has 0 aliphatic carbocycles. The molecule has 0 saturated heterocycles. The Hall–Kier alpha value is -0.530. The number of anilines is 2. The minimum Gasteiger partial charge on any atom is -0.397 e. The SMILES string of the molecule is Nc1cc(I)c(F)cc1NCc1ccc(Cl)s1. The van der Waals surface area contributed by atoms with Crippen molar-refractivity contribution < 1.29 is 4.39 Å². The van der Waals surface area contributed by atoms with Crippen LogP contribution >= 0.6 is 45.5 Å². The number of nitrogens with one attached hydrogen (secondary N) is 1. The summed E-state index contributed by atoms with van der Waals surface area (Å²) in [5.41, 5.74) is 6.95. The Morgan fingerprint density at radius 3 is 2.82 bits per heavy atom. The summed E-state index contributed by atoms with van der Waals surface area (Å²) in [5.74, 6) is -0.272. The summed E-state index contributed by atoms with van der Waals surface area (Å²) in [6.45, 7) is 0.585. The highest BCUT2D eigenvalue weighted by molar-refractivity contribution is 14.1. The molecule has 17 heavy (non-hydrogen) atoms. The summed E-state index contributed by atoms with van der Waals surface area (Å²) in [5, 5.41) is 3.09. The third kappa shape index (κ3) is 3.23. The van der Waals surface area contributed by atoms with E-state index in [2.05, 4.69) is 5.32 Å². The van der Waals surface area contributed by atoms with Gasteiger partial charge in [-0.1, -0.05) is 11.6 Å². The van der Waals surface area contributed by atoms with Crippen molar-refractivity contribution in [1.82, 2.24) is 0 Å². The average Bonchev–Trinajstić information content (AvgIpc) is 2.68. The van der Waals surface area contributed by atoms with Crippen molar-refractivity contribution in [2.24, 2.45) is 0 Å². The molecule has 0 amide bonds. The third-order valence-corrected chi connectivity index (χ3v) is 4.23. The lowest BCUT2D eigenvalue weighted by molar-refractivity contribution is 0.621. The zero-order valence-electron chi connectivity index (χ0n) is 8.64. The number of hydrogen-bond donors (Lipinski definition) is 2. The minimum absolute atomic E-state index is 0.272. The molecule has 2 nitrogen and oxygen atoms in total. The molecule has 0 aliphatic heterocycles. The molecule has 1 aromatic heterocycles. The predicted octanol–water partition coefficient (Wildman–Crippen LogP) is 4.34. The molecule has 0 spiro atoms. The van der Waals surface area contributed by atoms with E-state index in [0.717, 1.165) is 9.21 Å². The molecule has 0 radical (unpaired) electrons. The summed E-state index contributed by atoms with van der Waals surface area (Å²) in [6.07, 6.45) is 0. The van der Waals surface area contributed by atoms with Crippen LogP contribution in [0, 0.1) is 9.39 Å². The van der Waals surface area contributed by atoms with Crippen molar-refractivity contribution in [1.29, 1.82) is 0 Å². The molecule has 0 saturated carbocycles. The fourth-order valence-electron chi connectivity index (χ4n) is 1.34. The smallest absolute Gasteiger partial charge is 0.138 e. The van der Waals surface area contributed by atoms with Crippen LogP contribution in [0.25, 0.3) is 0 Å². The molecule has 0 bridgehead atoms. The van der Waals surface area contributed by atoms with Gasteiger partial charge in [0.1, 0.15) is 5.82 Å². The van der Waals surface area contributed by atoms with Gasteiger partial charge in [0, 0.05) is 17.5 Å². The maximum atomic E-state index is 13.4. The zero-order chi connectivity index (χ0) is 12.4. The zero-order valence-corrected chi connectivity index (χ0v) is 12.4. The van der Waals surface area contributed by atoms with Crippen molar-refractivity contribution in [3.8, 4) is 0 Å². The number of thiophene rings is 1. The maximum absolute atomic E-state index is 13.4. The Morgan fingerprint density at radius 2 is 2.18 bits per heavy atom. The van der Waals surface area contributed by atoms with Crippen molar-refractivity contribution in [3.63, 3.8) is 0 Å². The van der Waals surface area contributed by atoms with E-state index in [1.165, 1.54) is 17.4 Å². The second-order valence-corrected chi connectivity index (χ2v) is 6.37. The molecule has 0 unspecified atom stereocenters. The predicted molar refractivity (Wildman–Crippen MR) is 80.2 cm³/mol. The second kappa shape index (κ2) is 5.41. The van der Waals surface area contributed by atoms with Crippen molar-refractivity contribution in [2.45, 2.75) is 6.54 Å². The van der Waals surface area contributed by atoms with Crippen LogP contribution in [-0.2, 0) is 6.54 Å². The Balaban J connectivity index is 2.11. The first kappa shape index (κ1) is 12.9. The molecule has 0 aliphatic rings. The molecule has 3 N–H and O–H groups in total. The lowest BCUT2D eigenvalue weighted by atomic mass is 10.2. The van der Waals surface area contributed by atoms with E-state index in [9.17, 15) is 4.39 Å². The Bertz CT molecular complexity index is 544. The molecule has 1 heterocycles. The van der Waals surface area contributed by atoms with E-state index in [4.69, 9.17) is 17.3 Å². The van der Waals surface area contributed by atoms with Gasteiger partial charge in [-0.15, -0.1) is 11.3 Å². The normalized spacial score (nSPS) is 10.5. The third-order valence-electron chi connectivity index (χ3n) is 2.17. The van der Waals surface area contributed by atoms with Crippen LogP contribution in [0.15, 0.2) is 24.3 Å². The molecule has 90 valence electrons. The summed E-state index contributed by atoms with van der Waals surface area (Å²) in [7, 11) is 0. The average molecular weight is 383 g/mol. The molecule has 1 aromatic carbocycles. The number of nitrogens with two attached hydrogens (primary N) is 1. The first-order valence-corrected chi connectivity index (χ1v) is 7.06. The summed E-state index contributed by atoms with van der Waals surface area (Å²) in [6, 6.07) is 6.78. The molecule has 2 aromatic rings. The van der Waals surface area contributed by atoms with Crippen LogP contribution in [0.4, 0.5) is 15.8 Å². The number of rotatable bonds is 3. The molecule has 6 heteroatoms. The number of halogens is 3. The molecular formula is C11H9ClFIN2S. The lowest BCUT2D eigenvalue weighted by Gasteiger charge is -2.09. The highest BCUT2D eigenvalue weighted by atomic mass is 127. The largest absolute Gasteiger partial charge is 0.397 e. The van der Waals surface area contributed by atoms with Crippen LogP contribution in [0.3, 0.4) is 0 Å². The number of hydrogen-bond acceptors (Lipinski definition) is 3. The van der Waals surface area contributed by atoms with E-state index < -0.39 is 0 Å².